The lowest BCUT2D eigenvalue weighted by molar-refractivity contribution is -0.124. The zero-order valence-corrected chi connectivity index (χ0v) is 9.79. The lowest BCUT2D eigenvalue weighted by atomic mass is 10.1. The third-order valence-corrected chi connectivity index (χ3v) is 2.24. The van der Waals surface area contributed by atoms with E-state index in [1.54, 1.807) is 30.3 Å². The van der Waals surface area contributed by atoms with Crippen molar-refractivity contribution in [3.05, 3.63) is 41.5 Å². The number of carboxylic acid groups (broad SMARTS) is 1. The van der Waals surface area contributed by atoms with Crippen LogP contribution in [-0.2, 0) is 9.59 Å². The number of hydrogen-bond donors (Lipinski definition) is 1. The number of carbonyl (C=O) groups excluding carboxylic acids is 2. The summed E-state index contributed by atoms with van der Waals surface area (Å²) in [6.45, 7) is 1.49. The molecule has 5 heteroatoms. The summed E-state index contributed by atoms with van der Waals surface area (Å²) in [4.78, 5) is 33.9. The van der Waals surface area contributed by atoms with Gasteiger partial charge in [0, 0.05) is 6.54 Å². The van der Waals surface area contributed by atoms with Crippen LogP contribution in [0.5, 0.6) is 0 Å². The van der Waals surface area contributed by atoms with Crippen molar-refractivity contribution >= 4 is 24.4 Å². The minimum atomic E-state index is -1.39. The smallest absolute Gasteiger partial charge is 0.414 e. The van der Waals surface area contributed by atoms with Crippen LogP contribution in [-0.4, -0.2) is 34.8 Å². The molecule has 5 nitrogen and oxygen atoms in total. The Morgan fingerprint density at radius 3 is 2.39 bits per heavy atom. The summed E-state index contributed by atoms with van der Waals surface area (Å²) in [5, 5.41) is 8.80. The van der Waals surface area contributed by atoms with Gasteiger partial charge in [-0.2, -0.15) is 0 Å². The molecule has 1 aromatic carbocycles. The summed E-state index contributed by atoms with van der Waals surface area (Å²) in [6.07, 6.45) is 1.39. The summed E-state index contributed by atoms with van der Waals surface area (Å²) in [5.41, 5.74) is 0.316. The number of hydrogen-bond acceptors (Lipinski definition) is 3. The average Bonchev–Trinajstić information content (AvgIpc) is 2.37. The minimum Gasteiger partial charge on any atom is -0.465 e. The number of likely N-dealkylation sites (N-methyl/N-ethyl adjacent to an activating group) is 1. The zero-order chi connectivity index (χ0) is 13.5. The van der Waals surface area contributed by atoms with Gasteiger partial charge in [-0.3, -0.25) is 9.59 Å². The van der Waals surface area contributed by atoms with E-state index in [1.165, 1.54) is 19.3 Å². The highest BCUT2D eigenvalue weighted by Gasteiger charge is 2.22. The van der Waals surface area contributed by atoms with Gasteiger partial charge in [0.1, 0.15) is 0 Å². The van der Waals surface area contributed by atoms with Gasteiger partial charge >= 0.3 is 6.09 Å². The van der Waals surface area contributed by atoms with Gasteiger partial charge in [0.15, 0.2) is 0 Å². The number of nitrogens with zero attached hydrogens (tertiary/aromatic N) is 1. The molecule has 1 aromatic rings. The first-order valence-corrected chi connectivity index (χ1v) is 5.29. The second-order valence-corrected chi connectivity index (χ2v) is 3.40. The molecule has 93 valence electrons. The highest BCUT2D eigenvalue weighted by atomic mass is 16.4. The summed E-state index contributed by atoms with van der Waals surface area (Å²) < 4.78 is 0. The van der Waals surface area contributed by atoms with Crippen LogP contribution in [0.2, 0.25) is 0 Å². The largest absolute Gasteiger partial charge is 0.465 e. The molecule has 2 amide bonds. The molecule has 0 atom stereocenters. The molecule has 0 aliphatic carbocycles. The van der Waals surface area contributed by atoms with E-state index >= 15 is 0 Å². The predicted molar refractivity (Wildman–Crippen MR) is 65.5 cm³/mol. The molecule has 18 heavy (non-hydrogen) atoms. The Labute approximate surface area is 104 Å². The summed E-state index contributed by atoms with van der Waals surface area (Å²) in [5.74, 6) is -0.871. The Hall–Kier alpha value is -2.43. The number of benzene rings is 1. The van der Waals surface area contributed by atoms with Crippen molar-refractivity contribution in [3.8, 4) is 0 Å². The molecule has 0 aliphatic rings. The first kappa shape index (κ1) is 13.6. The summed E-state index contributed by atoms with van der Waals surface area (Å²) in [7, 11) is 0. The van der Waals surface area contributed by atoms with Crippen molar-refractivity contribution in [3.63, 3.8) is 0 Å². The zero-order valence-electron chi connectivity index (χ0n) is 9.79. The van der Waals surface area contributed by atoms with Gasteiger partial charge < -0.3 is 5.11 Å². The topological polar surface area (TPSA) is 74.7 Å². The Bertz CT molecular complexity index is 479. The number of carbonyl (C=O) groups is 2. The average molecular weight is 246 g/mol. The number of amides is 2. The van der Waals surface area contributed by atoms with Crippen LogP contribution in [0.1, 0.15) is 12.5 Å². The molecule has 0 bridgehead atoms. The molecule has 0 aromatic heterocycles. The first-order valence-electron chi connectivity index (χ1n) is 5.29. The third kappa shape index (κ3) is 3.28. The van der Waals surface area contributed by atoms with E-state index in [0.717, 1.165) is 0 Å². The van der Waals surface area contributed by atoms with E-state index in [4.69, 9.17) is 5.11 Å². The molecule has 1 rings (SSSR count). The highest BCUT2D eigenvalue weighted by Crippen LogP contribution is 2.08. The maximum atomic E-state index is 11.8. The van der Waals surface area contributed by atoms with E-state index in [-0.39, 0.29) is 12.1 Å². The maximum Gasteiger partial charge on any atom is 0.414 e. The quantitative estimate of drug-likeness (QED) is 0.498. The molecule has 0 unspecified atom stereocenters. The van der Waals surface area contributed by atoms with E-state index < -0.39 is 12.0 Å². The van der Waals surface area contributed by atoms with Gasteiger partial charge in [0.2, 0.25) is 6.29 Å². The van der Waals surface area contributed by atoms with Gasteiger partial charge in [-0.05, 0) is 18.6 Å². The van der Waals surface area contributed by atoms with Crippen molar-refractivity contribution in [2.45, 2.75) is 6.92 Å². The van der Waals surface area contributed by atoms with Crippen molar-refractivity contribution in [2.24, 2.45) is 0 Å². The molecule has 1 radical (unpaired) electrons. The van der Waals surface area contributed by atoms with Crippen LogP contribution in [0, 0.1) is 0 Å². The van der Waals surface area contributed by atoms with E-state index in [1.807, 2.05) is 0 Å². The molecule has 1 N–H and O–H groups in total. The minimum absolute atomic E-state index is 0.0258. The van der Waals surface area contributed by atoms with Crippen molar-refractivity contribution < 1.29 is 19.5 Å². The summed E-state index contributed by atoms with van der Waals surface area (Å²) >= 11 is 0. The Balaban J connectivity index is 3.03. The highest BCUT2D eigenvalue weighted by molar-refractivity contribution is 6.17. The van der Waals surface area contributed by atoms with Crippen LogP contribution in [0.15, 0.2) is 35.9 Å². The number of rotatable bonds is 4. The maximum absolute atomic E-state index is 11.8. The third-order valence-electron chi connectivity index (χ3n) is 2.24. The SMILES string of the molecule is CCN(C(=O)O)C(=O)C([C]=O)=Cc1ccccc1. The second-order valence-electron chi connectivity index (χ2n) is 3.40. The monoisotopic (exact) mass is 246 g/mol. The van der Waals surface area contributed by atoms with Gasteiger partial charge in [0.05, 0.1) is 5.57 Å². The Morgan fingerprint density at radius 2 is 1.94 bits per heavy atom. The van der Waals surface area contributed by atoms with Gasteiger partial charge in [0.25, 0.3) is 5.91 Å². The normalized spacial score (nSPS) is 10.8. The fraction of sp³-hybridized carbons (Fsp3) is 0.154. The predicted octanol–water partition coefficient (Wildman–Crippen LogP) is 1.71. The molecular weight excluding hydrogens is 234 g/mol. The fourth-order valence-corrected chi connectivity index (χ4v) is 1.36. The summed E-state index contributed by atoms with van der Waals surface area (Å²) in [6, 6.07) is 8.67. The lowest BCUT2D eigenvalue weighted by Crippen LogP contribution is -2.36. The van der Waals surface area contributed by atoms with Crippen molar-refractivity contribution in [1.29, 1.82) is 0 Å². The Morgan fingerprint density at radius 1 is 1.33 bits per heavy atom. The molecule has 0 aliphatic heterocycles. The van der Waals surface area contributed by atoms with Gasteiger partial charge in [-0.25, -0.2) is 9.69 Å². The van der Waals surface area contributed by atoms with Gasteiger partial charge in [-0.1, -0.05) is 30.3 Å². The molecule has 0 fully saturated rings. The molecule has 0 saturated heterocycles. The Kier molecular flexibility index (Phi) is 4.80. The molecule has 0 saturated carbocycles. The van der Waals surface area contributed by atoms with E-state index in [2.05, 4.69) is 0 Å². The standard InChI is InChI=1S/C13H12NO4/c1-2-14(13(17)18)12(16)11(9-15)8-10-6-4-3-5-7-10/h3-8H,2H2,1H3,(H,17,18). The molecular formula is C13H12NO4. The van der Waals surface area contributed by atoms with Crippen LogP contribution < -0.4 is 0 Å². The molecule has 0 spiro atoms. The van der Waals surface area contributed by atoms with Crippen molar-refractivity contribution in [1.82, 2.24) is 4.90 Å². The van der Waals surface area contributed by atoms with E-state index in [9.17, 15) is 14.4 Å². The number of imide groups is 1. The first-order chi connectivity index (χ1) is 8.60. The van der Waals surface area contributed by atoms with Crippen LogP contribution in [0.25, 0.3) is 6.08 Å². The van der Waals surface area contributed by atoms with Crippen LogP contribution >= 0.6 is 0 Å². The molecule has 0 heterocycles. The van der Waals surface area contributed by atoms with E-state index in [0.29, 0.717) is 10.5 Å². The fourth-order valence-electron chi connectivity index (χ4n) is 1.36. The van der Waals surface area contributed by atoms with Crippen LogP contribution in [0.3, 0.4) is 0 Å². The lowest BCUT2D eigenvalue weighted by Gasteiger charge is -2.14. The van der Waals surface area contributed by atoms with Crippen LogP contribution in [0.4, 0.5) is 4.79 Å². The van der Waals surface area contributed by atoms with Crippen molar-refractivity contribution in [2.75, 3.05) is 6.54 Å². The van der Waals surface area contributed by atoms with Gasteiger partial charge in [-0.15, -0.1) is 0 Å². The second kappa shape index (κ2) is 6.34.